The van der Waals surface area contributed by atoms with Gasteiger partial charge in [-0.2, -0.15) is 0 Å². The Morgan fingerprint density at radius 3 is 2.68 bits per heavy atom. The summed E-state index contributed by atoms with van der Waals surface area (Å²) in [5.74, 6) is 0.847. The summed E-state index contributed by atoms with van der Waals surface area (Å²) in [5.41, 5.74) is 5.02. The van der Waals surface area contributed by atoms with Gasteiger partial charge in [-0.1, -0.05) is 25.3 Å². The molecular formula is C26H31N7O. The molecule has 1 N–H and O–H groups in total. The Balaban J connectivity index is 1.45. The second-order valence-electron chi connectivity index (χ2n) is 9.49. The minimum absolute atomic E-state index is 0.0567. The third-order valence-electron chi connectivity index (χ3n) is 6.90. The number of hydrogen-bond acceptors (Lipinski definition) is 6. The third kappa shape index (κ3) is 4.92. The molecule has 4 aromatic rings. The highest BCUT2D eigenvalue weighted by atomic mass is 16.1. The summed E-state index contributed by atoms with van der Waals surface area (Å²) in [5, 5.41) is 13.7. The van der Waals surface area contributed by atoms with E-state index in [1.54, 1.807) is 6.20 Å². The van der Waals surface area contributed by atoms with Crippen molar-refractivity contribution in [1.82, 2.24) is 35.1 Å². The summed E-state index contributed by atoms with van der Waals surface area (Å²) < 4.78 is 2.01. The zero-order valence-electron chi connectivity index (χ0n) is 19.9. The van der Waals surface area contributed by atoms with Crippen LogP contribution in [-0.4, -0.2) is 35.1 Å². The largest absolute Gasteiger partial charge is 0.322 e. The maximum atomic E-state index is 13.0. The molecule has 1 saturated carbocycles. The van der Waals surface area contributed by atoms with E-state index < -0.39 is 0 Å². The van der Waals surface area contributed by atoms with E-state index in [0.717, 1.165) is 40.7 Å². The number of nitrogens with one attached hydrogen (secondary N) is 1. The number of aromatic nitrogens is 6. The number of pyridine rings is 2. The van der Waals surface area contributed by atoms with Gasteiger partial charge in [0.2, 0.25) is 0 Å². The number of tetrazole rings is 1. The number of rotatable bonds is 7. The summed E-state index contributed by atoms with van der Waals surface area (Å²) in [6, 6.07) is 10.5. The van der Waals surface area contributed by atoms with E-state index in [4.69, 9.17) is 0 Å². The fourth-order valence-electron chi connectivity index (χ4n) is 4.92. The van der Waals surface area contributed by atoms with Crippen molar-refractivity contribution in [3.8, 4) is 0 Å². The summed E-state index contributed by atoms with van der Waals surface area (Å²) in [6.07, 6.45) is 9.59. The lowest BCUT2D eigenvalue weighted by molar-refractivity contribution is 0.225. The van der Waals surface area contributed by atoms with Crippen LogP contribution >= 0.6 is 0 Å². The number of hydrogen-bond donors (Lipinski definition) is 1. The van der Waals surface area contributed by atoms with Crippen molar-refractivity contribution in [3.05, 3.63) is 81.2 Å². The van der Waals surface area contributed by atoms with E-state index in [1.807, 2.05) is 29.1 Å². The first-order valence-electron chi connectivity index (χ1n) is 12.1. The van der Waals surface area contributed by atoms with Crippen LogP contribution in [0.2, 0.25) is 0 Å². The molecule has 0 bridgehead atoms. The quantitative estimate of drug-likeness (QED) is 0.446. The predicted octanol–water partition coefficient (Wildman–Crippen LogP) is 4.23. The van der Waals surface area contributed by atoms with Crippen molar-refractivity contribution in [2.75, 3.05) is 0 Å². The van der Waals surface area contributed by atoms with E-state index in [2.05, 4.69) is 56.4 Å². The minimum atomic E-state index is -0.0567. The van der Waals surface area contributed by atoms with Gasteiger partial charge >= 0.3 is 0 Å². The number of H-pyrrole nitrogens is 1. The normalized spacial score (nSPS) is 14.8. The van der Waals surface area contributed by atoms with E-state index in [9.17, 15) is 4.79 Å². The van der Waals surface area contributed by atoms with Gasteiger partial charge in [0, 0.05) is 36.6 Å². The molecule has 5 rings (SSSR count). The highest BCUT2D eigenvalue weighted by Crippen LogP contribution is 2.28. The van der Waals surface area contributed by atoms with E-state index in [0.29, 0.717) is 25.7 Å². The zero-order chi connectivity index (χ0) is 23.5. The topological polar surface area (TPSA) is 92.6 Å². The molecule has 1 aliphatic rings. The maximum absolute atomic E-state index is 13.0. The molecule has 0 atom stereocenters. The van der Waals surface area contributed by atoms with Crippen LogP contribution in [0.15, 0.2) is 47.5 Å². The molecule has 1 aromatic carbocycles. The number of benzene rings is 1. The lowest BCUT2D eigenvalue weighted by Crippen LogP contribution is -2.29. The maximum Gasteiger partial charge on any atom is 0.252 e. The van der Waals surface area contributed by atoms with Crippen molar-refractivity contribution in [3.63, 3.8) is 0 Å². The Morgan fingerprint density at radius 2 is 1.88 bits per heavy atom. The fraction of sp³-hybridized carbons (Fsp3) is 0.423. The SMILES string of the molecule is Cc1cc2cc(CN(Cc3cccnc3)Cc3nnnn3C3CCCCC3)c(=O)[nH]c2cc1C. The molecule has 3 aromatic heterocycles. The minimum Gasteiger partial charge on any atom is -0.322 e. The first kappa shape index (κ1) is 22.4. The van der Waals surface area contributed by atoms with Crippen molar-refractivity contribution >= 4 is 10.9 Å². The molecule has 8 nitrogen and oxygen atoms in total. The first-order valence-corrected chi connectivity index (χ1v) is 12.1. The van der Waals surface area contributed by atoms with Gasteiger partial charge in [0.15, 0.2) is 5.82 Å². The highest BCUT2D eigenvalue weighted by molar-refractivity contribution is 5.80. The van der Waals surface area contributed by atoms with Gasteiger partial charge in [0.25, 0.3) is 5.56 Å². The Hall–Kier alpha value is -3.39. The van der Waals surface area contributed by atoms with Crippen LogP contribution in [0.3, 0.4) is 0 Å². The molecular weight excluding hydrogens is 426 g/mol. The number of aryl methyl sites for hydroxylation is 2. The third-order valence-corrected chi connectivity index (χ3v) is 6.90. The Morgan fingerprint density at radius 1 is 1.06 bits per heavy atom. The van der Waals surface area contributed by atoms with Gasteiger partial charge in [0.1, 0.15) is 0 Å². The molecule has 34 heavy (non-hydrogen) atoms. The van der Waals surface area contributed by atoms with Crippen molar-refractivity contribution in [1.29, 1.82) is 0 Å². The standard InChI is InChI=1S/C26H31N7O/c1-18-11-21-13-22(26(34)28-24(21)12-19(18)2)16-32(15-20-7-6-10-27-14-20)17-25-29-30-31-33(25)23-8-4-3-5-9-23/h6-7,10-14,23H,3-5,8-9,15-17H2,1-2H3,(H,28,34). The summed E-state index contributed by atoms with van der Waals surface area (Å²) in [7, 11) is 0. The Labute approximate surface area is 199 Å². The highest BCUT2D eigenvalue weighted by Gasteiger charge is 2.22. The Bertz CT molecular complexity index is 1320. The summed E-state index contributed by atoms with van der Waals surface area (Å²) in [6.45, 7) is 5.86. The number of aromatic amines is 1. The van der Waals surface area contributed by atoms with Gasteiger partial charge in [-0.05, 0) is 83.5 Å². The lowest BCUT2D eigenvalue weighted by atomic mass is 9.95. The molecule has 0 spiro atoms. The molecule has 0 saturated heterocycles. The van der Waals surface area contributed by atoms with Crippen molar-refractivity contribution in [2.45, 2.75) is 71.6 Å². The van der Waals surface area contributed by atoms with Crippen LogP contribution in [0.25, 0.3) is 10.9 Å². The Kier molecular flexibility index (Phi) is 6.49. The molecule has 1 fully saturated rings. The second-order valence-corrected chi connectivity index (χ2v) is 9.49. The molecule has 8 heteroatoms. The van der Waals surface area contributed by atoms with Gasteiger partial charge < -0.3 is 4.98 Å². The van der Waals surface area contributed by atoms with Gasteiger partial charge in [-0.3, -0.25) is 14.7 Å². The smallest absolute Gasteiger partial charge is 0.252 e. The van der Waals surface area contributed by atoms with E-state index in [-0.39, 0.29) is 5.56 Å². The zero-order valence-corrected chi connectivity index (χ0v) is 19.9. The molecule has 0 aliphatic heterocycles. The van der Waals surface area contributed by atoms with Crippen LogP contribution in [0.5, 0.6) is 0 Å². The fourth-order valence-corrected chi connectivity index (χ4v) is 4.92. The molecule has 0 radical (unpaired) electrons. The molecule has 0 amide bonds. The second kappa shape index (κ2) is 9.85. The average Bonchev–Trinajstić information content (AvgIpc) is 3.30. The number of fused-ring (bicyclic) bond motifs is 1. The van der Waals surface area contributed by atoms with E-state index >= 15 is 0 Å². The molecule has 0 unspecified atom stereocenters. The molecule has 176 valence electrons. The summed E-state index contributed by atoms with van der Waals surface area (Å²) >= 11 is 0. The summed E-state index contributed by atoms with van der Waals surface area (Å²) in [4.78, 5) is 22.6. The monoisotopic (exact) mass is 457 g/mol. The van der Waals surface area contributed by atoms with E-state index in [1.165, 1.54) is 30.4 Å². The first-order chi connectivity index (χ1) is 16.6. The van der Waals surface area contributed by atoms with Crippen molar-refractivity contribution in [2.24, 2.45) is 0 Å². The van der Waals surface area contributed by atoms with Crippen LogP contribution in [0.1, 0.15) is 66.2 Å². The molecule has 3 heterocycles. The predicted molar refractivity (Wildman–Crippen MR) is 131 cm³/mol. The van der Waals surface area contributed by atoms with Gasteiger partial charge in [-0.15, -0.1) is 5.10 Å². The van der Waals surface area contributed by atoms with Crippen LogP contribution in [-0.2, 0) is 19.6 Å². The average molecular weight is 458 g/mol. The van der Waals surface area contributed by atoms with Crippen LogP contribution < -0.4 is 5.56 Å². The van der Waals surface area contributed by atoms with Gasteiger partial charge in [-0.25, -0.2) is 4.68 Å². The van der Waals surface area contributed by atoms with Gasteiger partial charge in [0.05, 0.1) is 12.6 Å². The van der Waals surface area contributed by atoms with Crippen LogP contribution in [0.4, 0.5) is 0 Å². The lowest BCUT2D eigenvalue weighted by Gasteiger charge is -2.25. The number of nitrogens with zero attached hydrogens (tertiary/aromatic N) is 6. The molecule has 1 aliphatic carbocycles. The van der Waals surface area contributed by atoms with Crippen molar-refractivity contribution < 1.29 is 0 Å². The van der Waals surface area contributed by atoms with Crippen LogP contribution in [0, 0.1) is 13.8 Å².